The number of aliphatic hydroxyl groups is 2. The molecule has 0 aromatic heterocycles. The zero-order chi connectivity index (χ0) is 13.9. The molecular weight excluding hydrogens is 234 g/mol. The summed E-state index contributed by atoms with van der Waals surface area (Å²) >= 11 is 0. The van der Waals surface area contributed by atoms with Gasteiger partial charge in [-0.1, -0.05) is 0 Å². The van der Waals surface area contributed by atoms with Gasteiger partial charge in [-0.2, -0.15) is 0 Å². The van der Waals surface area contributed by atoms with Gasteiger partial charge in [0, 0.05) is 17.6 Å². The average Bonchev–Trinajstić information content (AvgIpc) is 2.28. The largest absolute Gasteiger partial charge is 0.504 e. The molecule has 0 unspecified atom stereocenters. The highest BCUT2D eigenvalue weighted by molar-refractivity contribution is 5.47. The van der Waals surface area contributed by atoms with Crippen LogP contribution in [0.25, 0.3) is 0 Å². The number of aromatic hydroxyl groups is 2. The molecule has 1 aromatic rings. The smallest absolute Gasteiger partial charge is 0.163 e. The highest BCUT2D eigenvalue weighted by Crippen LogP contribution is 2.32. The molecule has 0 fully saturated rings. The van der Waals surface area contributed by atoms with Crippen LogP contribution in [0.3, 0.4) is 0 Å². The number of phenolic OH excluding ortho intramolecular Hbond substituents is 1. The molecule has 18 heavy (non-hydrogen) atoms. The second-order valence-corrected chi connectivity index (χ2v) is 5.35. The molecule has 0 heterocycles. The fraction of sp³-hybridized carbons (Fsp3) is 0.538. The molecule has 1 atom stereocenters. The molecule has 102 valence electrons. The number of rotatable bonds is 4. The third-order valence-electron chi connectivity index (χ3n) is 2.57. The van der Waals surface area contributed by atoms with Gasteiger partial charge in [-0.25, -0.2) is 0 Å². The predicted octanol–water partition coefficient (Wildman–Crippen LogP) is 1.01. The third-order valence-corrected chi connectivity index (χ3v) is 2.57. The Labute approximate surface area is 107 Å². The summed E-state index contributed by atoms with van der Waals surface area (Å²) in [5, 5.41) is 41.1. The summed E-state index contributed by atoms with van der Waals surface area (Å²) in [7, 11) is 0. The molecule has 0 aliphatic carbocycles. The van der Waals surface area contributed by atoms with E-state index in [1.54, 1.807) is 0 Å². The van der Waals surface area contributed by atoms with Gasteiger partial charge < -0.3 is 25.7 Å². The van der Waals surface area contributed by atoms with Gasteiger partial charge in [-0.05, 0) is 38.5 Å². The lowest BCUT2D eigenvalue weighted by Crippen LogP contribution is -2.38. The molecule has 5 heteroatoms. The molecule has 1 rings (SSSR count). The van der Waals surface area contributed by atoms with Crippen LogP contribution < -0.4 is 5.32 Å². The van der Waals surface area contributed by atoms with Gasteiger partial charge in [0.1, 0.15) is 0 Å². The van der Waals surface area contributed by atoms with Gasteiger partial charge in [0.2, 0.25) is 0 Å². The molecule has 0 saturated carbocycles. The molecule has 5 nitrogen and oxygen atoms in total. The number of aliphatic hydroxyl groups excluding tert-OH is 2. The Morgan fingerprint density at radius 1 is 1.22 bits per heavy atom. The summed E-state index contributed by atoms with van der Waals surface area (Å²) in [6, 6.07) is 2.77. The van der Waals surface area contributed by atoms with E-state index in [4.69, 9.17) is 5.11 Å². The number of hydrogen-bond donors (Lipinski definition) is 5. The van der Waals surface area contributed by atoms with Crippen LogP contribution in [0, 0.1) is 0 Å². The first-order valence-corrected chi connectivity index (χ1v) is 5.83. The monoisotopic (exact) mass is 255 g/mol. The van der Waals surface area contributed by atoms with Gasteiger partial charge in [0.25, 0.3) is 0 Å². The van der Waals surface area contributed by atoms with Crippen molar-refractivity contribution in [3.8, 4) is 11.5 Å². The Kier molecular flexibility index (Phi) is 4.56. The van der Waals surface area contributed by atoms with Crippen molar-refractivity contribution in [2.24, 2.45) is 0 Å². The van der Waals surface area contributed by atoms with Crippen molar-refractivity contribution in [2.75, 3.05) is 6.54 Å². The number of β-amino-alcohol motifs (C(OH)–C–C–N with tert-alkyl or cyclic N) is 1. The van der Waals surface area contributed by atoms with Crippen molar-refractivity contribution >= 4 is 0 Å². The van der Waals surface area contributed by atoms with E-state index in [9.17, 15) is 15.3 Å². The van der Waals surface area contributed by atoms with Crippen molar-refractivity contribution < 1.29 is 20.4 Å². The van der Waals surface area contributed by atoms with Crippen LogP contribution in [0.1, 0.15) is 38.0 Å². The molecule has 0 radical (unpaired) electrons. The van der Waals surface area contributed by atoms with Crippen LogP contribution in [0.2, 0.25) is 0 Å². The van der Waals surface area contributed by atoms with Gasteiger partial charge >= 0.3 is 0 Å². The lowest BCUT2D eigenvalue weighted by Gasteiger charge is -2.23. The zero-order valence-corrected chi connectivity index (χ0v) is 10.9. The Hall–Kier alpha value is -1.30. The molecule has 0 aliphatic rings. The second-order valence-electron chi connectivity index (χ2n) is 5.35. The maximum Gasteiger partial charge on any atom is 0.163 e. The van der Waals surface area contributed by atoms with E-state index < -0.39 is 12.7 Å². The van der Waals surface area contributed by atoms with Gasteiger partial charge in [0.05, 0.1) is 12.7 Å². The van der Waals surface area contributed by atoms with Crippen LogP contribution >= 0.6 is 0 Å². The van der Waals surface area contributed by atoms with Crippen molar-refractivity contribution in [3.63, 3.8) is 0 Å². The summed E-state index contributed by atoms with van der Waals surface area (Å²) in [6.45, 7) is 5.86. The Morgan fingerprint density at radius 3 is 2.33 bits per heavy atom. The Bertz CT molecular complexity index is 412. The normalized spacial score (nSPS) is 13.6. The maximum absolute atomic E-state index is 9.98. The van der Waals surface area contributed by atoms with E-state index in [-0.39, 0.29) is 22.6 Å². The van der Waals surface area contributed by atoms with E-state index in [0.717, 1.165) is 0 Å². The van der Waals surface area contributed by atoms with E-state index in [0.29, 0.717) is 12.1 Å². The minimum absolute atomic E-state index is 0.125. The highest BCUT2D eigenvalue weighted by atomic mass is 16.3. The summed E-state index contributed by atoms with van der Waals surface area (Å²) < 4.78 is 0. The quantitative estimate of drug-likeness (QED) is 0.518. The topological polar surface area (TPSA) is 93.0 Å². The molecule has 0 spiro atoms. The molecule has 5 N–H and O–H groups in total. The Balaban J connectivity index is 2.86. The first-order chi connectivity index (χ1) is 8.24. The zero-order valence-electron chi connectivity index (χ0n) is 10.9. The van der Waals surface area contributed by atoms with Crippen LogP contribution in [0.15, 0.2) is 12.1 Å². The van der Waals surface area contributed by atoms with Crippen molar-refractivity contribution in [2.45, 2.75) is 39.0 Å². The van der Waals surface area contributed by atoms with Crippen molar-refractivity contribution in [3.05, 3.63) is 23.3 Å². The molecule has 0 aliphatic heterocycles. The van der Waals surface area contributed by atoms with Crippen molar-refractivity contribution in [1.29, 1.82) is 0 Å². The van der Waals surface area contributed by atoms with Gasteiger partial charge in [-0.15, -0.1) is 0 Å². The summed E-state index contributed by atoms with van der Waals surface area (Å²) in [5.41, 5.74) is 0.519. The highest BCUT2D eigenvalue weighted by Gasteiger charge is 2.16. The van der Waals surface area contributed by atoms with Crippen LogP contribution in [-0.2, 0) is 6.61 Å². The van der Waals surface area contributed by atoms with E-state index in [1.807, 2.05) is 20.8 Å². The third kappa shape index (κ3) is 3.87. The summed E-state index contributed by atoms with van der Waals surface area (Å²) in [4.78, 5) is 0. The fourth-order valence-corrected chi connectivity index (χ4v) is 1.54. The lowest BCUT2D eigenvalue weighted by molar-refractivity contribution is 0.162. The second kappa shape index (κ2) is 5.56. The lowest BCUT2D eigenvalue weighted by atomic mass is 10.0. The molecule has 0 amide bonds. The van der Waals surface area contributed by atoms with E-state index in [1.165, 1.54) is 12.1 Å². The fourth-order valence-electron chi connectivity index (χ4n) is 1.54. The SMILES string of the molecule is CC(C)(C)NC[C@@H](O)c1cc(O)c(O)c(CO)c1. The van der Waals surface area contributed by atoms with E-state index >= 15 is 0 Å². The molecular formula is C13H21NO4. The molecule has 1 aromatic carbocycles. The molecule has 0 bridgehead atoms. The number of benzene rings is 1. The number of phenols is 2. The summed E-state index contributed by atoms with van der Waals surface area (Å²) in [5.74, 6) is -0.691. The minimum Gasteiger partial charge on any atom is -0.504 e. The minimum atomic E-state index is -0.818. The predicted molar refractivity (Wildman–Crippen MR) is 68.4 cm³/mol. The average molecular weight is 255 g/mol. The maximum atomic E-state index is 9.98. The van der Waals surface area contributed by atoms with E-state index in [2.05, 4.69) is 5.32 Å². The van der Waals surface area contributed by atoms with Crippen LogP contribution in [0.5, 0.6) is 11.5 Å². The van der Waals surface area contributed by atoms with Gasteiger partial charge in [0.15, 0.2) is 11.5 Å². The first-order valence-electron chi connectivity index (χ1n) is 5.83. The van der Waals surface area contributed by atoms with Gasteiger partial charge in [-0.3, -0.25) is 0 Å². The van der Waals surface area contributed by atoms with Crippen molar-refractivity contribution in [1.82, 2.24) is 5.32 Å². The number of nitrogens with one attached hydrogen (secondary N) is 1. The standard InChI is InChI=1S/C13H21NO4/c1-13(2,3)14-6-11(17)8-4-9(7-15)12(18)10(16)5-8/h4-5,11,14-18H,6-7H2,1-3H3/t11-/m1/s1. The summed E-state index contributed by atoms with van der Waals surface area (Å²) in [6.07, 6.45) is -0.818. The molecule has 0 saturated heterocycles. The first kappa shape index (κ1) is 14.8. The Morgan fingerprint density at radius 2 is 1.83 bits per heavy atom. The van der Waals surface area contributed by atoms with Crippen LogP contribution in [-0.4, -0.2) is 32.5 Å². The van der Waals surface area contributed by atoms with Crippen LogP contribution in [0.4, 0.5) is 0 Å². The number of hydrogen-bond acceptors (Lipinski definition) is 5.